The maximum Gasteiger partial charge on any atom is 0.238 e. The number of hydrogen-bond donors (Lipinski definition) is 4. The summed E-state index contributed by atoms with van der Waals surface area (Å²) in [6, 6.07) is 28.6. The molecule has 1 aromatic heterocycles. The van der Waals surface area contributed by atoms with Crippen LogP contribution in [0.5, 0.6) is 11.5 Å². The molecule has 3 N–H and O–H groups in total. The smallest absolute Gasteiger partial charge is 0.238 e. The molecule has 4 aromatic carbocycles. The van der Waals surface area contributed by atoms with Gasteiger partial charge in [-0.3, -0.25) is 4.79 Å². The molecule has 0 saturated heterocycles. The number of ether oxygens (including phenoxy) is 2. The van der Waals surface area contributed by atoms with Crippen LogP contribution < -0.4 is 29.7 Å². The zero-order chi connectivity index (χ0) is 31.1. The van der Waals surface area contributed by atoms with E-state index in [-0.39, 0.29) is 35.8 Å². The van der Waals surface area contributed by atoms with Crippen molar-refractivity contribution in [2.75, 3.05) is 35.7 Å². The van der Waals surface area contributed by atoms with E-state index in [1.807, 2.05) is 43.3 Å². The summed E-state index contributed by atoms with van der Waals surface area (Å²) < 4.78 is 37.5. The summed E-state index contributed by atoms with van der Waals surface area (Å²) in [6.45, 7) is 2.04. The van der Waals surface area contributed by atoms with Crippen LogP contribution in [0.2, 0.25) is 0 Å². The Labute approximate surface area is 257 Å². The number of para-hydroxylation sites is 2. The van der Waals surface area contributed by atoms with Crippen molar-refractivity contribution in [3.8, 4) is 11.5 Å². The molecule has 0 saturated carbocycles. The van der Waals surface area contributed by atoms with Crippen LogP contribution in [0.15, 0.2) is 97.1 Å². The van der Waals surface area contributed by atoms with E-state index in [4.69, 9.17) is 14.5 Å². The van der Waals surface area contributed by atoms with Gasteiger partial charge in [-0.2, -0.15) is 0 Å². The summed E-state index contributed by atoms with van der Waals surface area (Å²) in [5.74, 6) is 1.02. The van der Waals surface area contributed by atoms with Crippen LogP contribution >= 0.6 is 0 Å². The van der Waals surface area contributed by atoms with Gasteiger partial charge in [-0.05, 0) is 42.8 Å². The minimum absolute atomic E-state index is 0.0322. The predicted octanol–water partition coefficient (Wildman–Crippen LogP) is 5.34. The summed E-state index contributed by atoms with van der Waals surface area (Å²) in [6.07, 6.45) is 0. The molecular weight excluding hydrogens is 580 g/mol. The van der Waals surface area contributed by atoms with Gasteiger partial charge in [0.2, 0.25) is 16.8 Å². The first-order valence-electron chi connectivity index (χ1n) is 13.7. The molecule has 44 heavy (non-hydrogen) atoms. The monoisotopic (exact) mass is 612 g/mol. The molecule has 12 heteroatoms. The van der Waals surface area contributed by atoms with Crippen LogP contribution in [0.3, 0.4) is 0 Å². The number of methoxy groups -OCH3 is 2. The van der Waals surface area contributed by atoms with Crippen LogP contribution in [-0.4, -0.2) is 45.1 Å². The number of fused-ring (bicyclic) bond motifs is 1. The number of nitrogens with zero attached hydrogens (tertiary/aromatic N) is 3. The lowest BCUT2D eigenvalue weighted by Crippen LogP contribution is -2.30. The van der Waals surface area contributed by atoms with E-state index in [1.54, 1.807) is 60.7 Å². The third kappa shape index (κ3) is 7.22. The number of rotatable bonds is 12. The summed E-state index contributed by atoms with van der Waals surface area (Å²) >= 11 is 0. The quantitative estimate of drug-likeness (QED) is 0.138. The number of nitrogens with one attached hydrogen (secondary N) is 3. The van der Waals surface area contributed by atoms with Gasteiger partial charge in [-0.15, -0.1) is 0 Å². The Kier molecular flexibility index (Phi) is 9.52. The summed E-state index contributed by atoms with van der Waals surface area (Å²) in [4.78, 5) is 22.2. The number of carbonyl (C=O) groups excluding carboxylic acids is 1. The van der Waals surface area contributed by atoms with E-state index in [0.29, 0.717) is 33.9 Å². The number of aromatic nitrogens is 2. The molecule has 1 heterocycles. The highest BCUT2D eigenvalue weighted by atomic mass is 32.2. The van der Waals surface area contributed by atoms with Crippen molar-refractivity contribution in [2.45, 2.75) is 13.0 Å². The summed E-state index contributed by atoms with van der Waals surface area (Å²) in [5, 5.41) is 9.23. The van der Waals surface area contributed by atoms with Crippen LogP contribution in [0.1, 0.15) is 18.5 Å². The molecule has 0 fully saturated rings. The standard InChI is InChI=1S/C32H32N6O5S/c1-21(22-10-5-4-6-11-22)33-20-30(39)34-23-12-9-13-25(16-23)38(44(40)41)32-31(36-28-14-7-8-15-29(28)37-32)35-24-17-26(42-2)19-27(18-24)43-3/h4-19,21,33,44H,20H2,1-3H3,(H,34,39)(H,35,36). The average Bonchev–Trinajstić information content (AvgIpc) is 3.04. The zero-order valence-corrected chi connectivity index (χ0v) is 25.2. The number of hydrogen-bond acceptors (Lipinski definition) is 9. The van der Waals surface area contributed by atoms with E-state index in [1.165, 1.54) is 14.2 Å². The first-order chi connectivity index (χ1) is 21.3. The fourth-order valence-corrected chi connectivity index (χ4v) is 5.17. The van der Waals surface area contributed by atoms with Gasteiger partial charge in [0.15, 0.2) is 11.6 Å². The van der Waals surface area contributed by atoms with Gasteiger partial charge < -0.3 is 25.4 Å². The average molecular weight is 613 g/mol. The van der Waals surface area contributed by atoms with Gasteiger partial charge >= 0.3 is 0 Å². The largest absolute Gasteiger partial charge is 0.497 e. The third-order valence-corrected chi connectivity index (χ3v) is 7.52. The Hall–Kier alpha value is -5.20. The lowest BCUT2D eigenvalue weighted by atomic mass is 10.1. The van der Waals surface area contributed by atoms with Crippen LogP contribution in [-0.2, 0) is 15.7 Å². The SMILES string of the molecule is COc1cc(Nc2nc3ccccc3nc2N(c2cccc(NC(=O)CNC(C)c3ccccc3)c2)[SH](=O)=O)cc(OC)c1. The molecule has 1 atom stereocenters. The fraction of sp³-hybridized carbons (Fsp3) is 0.156. The molecule has 0 aliphatic carbocycles. The highest BCUT2D eigenvalue weighted by Gasteiger charge is 2.22. The first-order valence-corrected chi connectivity index (χ1v) is 14.9. The van der Waals surface area contributed by atoms with Crippen molar-refractivity contribution in [1.29, 1.82) is 0 Å². The summed E-state index contributed by atoms with van der Waals surface area (Å²) in [7, 11) is -0.165. The third-order valence-electron chi connectivity index (χ3n) is 6.77. The van der Waals surface area contributed by atoms with E-state index < -0.39 is 10.9 Å². The second-order valence-corrected chi connectivity index (χ2v) is 10.6. The van der Waals surface area contributed by atoms with Gasteiger partial charge in [0.25, 0.3) is 0 Å². The molecule has 0 spiro atoms. The molecule has 0 bridgehead atoms. The topological polar surface area (TPSA) is 135 Å². The van der Waals surface area contributed by atoms with Gasteiger partial charge in [-0.25, -0.2) is 22.7 Å². The van der Waals surface area contributed by atoms with Crippen molar-refractivity contribution in [3.63, 3.8) is 0 Å². The van der Waals surface area contributed by atoms with Gasteiger partial charge in [0, 0.05) is 35.6 Å². The molecule has 0 aliphatic heterocycles. The molecule has 0 aliphatic rings. The van der Waals surface area contributed by atoms with E-state index in [0.717, 1.165) is 9.87 Å². The van der Waals surface area contributed by atoms with Crippen molar-refractivity contribution in [2.24, 2.45) is 0 Å². The van der Waals surface area contributed by atoms with E-state index >= 15 is 0 Å². The minimum atomic E-state index is -3.24. The highest BCUT2D eigenvalue weighted by Crippen LogP contribution is 2.35. The maximum absolute atomic E-state index is 12.8. The number of thiol groups is 1. The van der Waals surface area contributed by atoms with Crippen molar-refractivity contribution >= 4 is 56.5 Å². The van der Waals surface area contributed by atoms with Gasteiger partial charge in [-0.1, -0.05) is 48.5 Å². The van der Waals surface area contributed by atoms with E-state index in [2.05, 4.69) is 20.9 Å². The Morgan fingerprint density at radius 2 is 1.48 bits per heavy atom. The Balaban J connectivity index is 1.45. The first kappa shape index (κ1) is 30.3. The molecule has 5 aromatic rings. The maximum atomic E-state index is 12.8. The molecular formula is C32H32N6O5S. The van der Waals surface area contributed by atoms with Crippen LogP contribution in [0, 0.1) is 0 Å². The Morgan fingerprint density at radius 3 is 2.14 bits per heavy atom. The molecule has 11 nitrogen and oxygen atoms in total. The second-order valence-electron chi connectivity index (χ2n) is 9.77. The lowest BCUT2D eigenvalue weighted by Gasteiger charge is -2.21. The predicted molar refractivity (Wildman–Crippen MR) is 173 cm³/mol. The van der Waals surface area contributed by atoms with Gasteiger partial charge in [0.05, 0.1) is 37.5 Å². The molecule has 1 unspecified atom stereocenters. The number of carbonyl (C=O) groups is 1. The zero-order valence-electron chi connectivity index (χ0n) is 24.4. The fourth-order valence-electron chi connectivity index (χ4n) is 4.56. The number of amides is 1. The number of anilines is 5. The normalized spacial score (nSPS) is 11.6. The van der Waals surface area contributed by atoms with Crippen molar-refractivity contribution in [1.82, 2.24) is 15.3 Å². The molecule has 0 radical (unpaired) electrons. The lowest BCUT2D eigenvalue weighted by molar-refractivity contribution is -0.115. The molecule has 5 rings (SSSR count). The highest BCUT2D eigenvalue weighted by molar-refractivity contribution is 7.74. The van der Waals surface area contributed by atoms with Gasteiger partial charge in [0.1, 0.15) is 11.5 Å². The second kappa shape index (κ2) is 13.8. The minimum Gasteiger partial charge on any atom is -0.497 e. The van der Waals surface area contributed by atoms with E-state index in [9.17, 15) is 13.2 Å². The Bertz CT molecular complexity index is 1820. The molecule has 1 amide bonds. The number of benzene rings is 4. The Morgan fingerprint density at radius 1 is 0.818 bits per heavy atom. The van der Waals surface area contributed by atoms with Crippen LogP contribution in [0.25, 0.3) is 11.0 Å². The van der Waals surface area contributed by atoms with Crippen LogP contribution in [0.4, 0.5) is 28.7 Å². The summed E-state index contributed by atoms with van der Waals surface area (Å²) in [5.41, 5.74) is 3.36. The van der Waals surface area contributed by atoms with Crippen molar-refractivity contribution < 1.29 is 22.7 Å². The van der Waals surface area contributed by atoms with Crippen molar-refractivity contribution in [3.05, 3.63) is 103 Å². The molecule has 226 valence electrons.